The van der Waals surface area contributed by atoms with Crippen LogP contribution in [0.15, 0.2) is 0 Å². The van der Waals surface area contributed by atoms with Crippen LogP contribution in [0.4, 0.5) is 0 Å². The topological polar surface area (TPSA) is 196 Å². The molecule has 4 aliphatic rings. The van der Waals surface area contributed by atoms with Crippen molar-refractivity contribution in [2.45, 2.75) is 204 Å². The lowest BCUT2D eigenvalue weighted by atomic mass is 9.74. The van der Waals surface area contributed by atoms with E-state index in [0.717, 1.165) is 0 Å². The molecule has 340 valence electrons. The van der Waals surface area contributed by atoms with Gasteiger partial charge in [-0.15, -0.1) is 0 Å². The Balaban J connectivity index is 1.82. The van der Waals surface area contributed by atoms with Crippen LogP contribution in [0.3, 0.4) is 0 Å². The maximum Gasteiger partial charge on any atom is 0.311 e. The van der Waals surface area contributed by atoms with Gasteiger partial charge in [-0.25, -0.2) is 0 Å². The van der Waals surface area contributed by atoms with Gasteiger partial charge in [0.05, 0.1) is 67.0 Å². The number of nitrogens with zero attached hydrogens (tertiary/aromatic N) is 1. The summed E-state index contributed by atoms with van der Waals surface area (Å²) in [6.45, 7) is 18.8. The van der Waals surface area contributed by atoms with Crippen LogP contribution in [-0.2, 0) is 47.4 Å². The van der Waals surface area contributed by atoms with E-state index < -0.39 is 102 Å². The molecule has 0 aromatic rings. The zero-order valence-corrected chi connectivity index (χ0v) is 37.6. The first kappa shape index (κ1) is 49.6. The van der Waals surface area contributed by atoms with E-state index >= 15 is 0 Å². The Morgan fingerprint density at radius 1 is 0.948 bits per heavy atom. The molecule has 16 nitrogen and oxygen atoms in total. The molecule has 20 atom stereocenters. The molecule has 4 saturated heterocycles. The standard InChI is InChI=1S/C42H78N2O14/c1-15-30-42(10,49)31-19-28(43-37(55-31)27(7)52-17-16-50-13)22(2)20-40(8,48)36(58-39-33(45)29(44(11)12)18-23(3)53-39)24(4)34(25(5)38(47)56-30)57-32-21-41(9,51-14)35(46)26(6)54-32/h22-37,39,43,45-46,48-49H,15-21H2,1-14H3/t22-,23-,24+,25-,26+,27-,28-,29+,30-,31+,32+,33-,34+,35+,36?,37-,39+,40-,41-,42-/m1/s1. The highest BCUT2D eigenvalue weighted by Gasteiger charge is 2.54. The van der Waals surface area contributed by atoms with Crippen molar-refractivity contribution in [2.75, 3.05) is 41.5 Å². The molecule has 0 aliphatic carbocycles. The van der Waals surface area contributed by atoms with Crippen LogP contribution >= 0.6 is 0 Å². The van der Waals surface area contributed by atoms with E-state index in [1.807, 2.05) is 53.6 Å². The Kier molecular flexibility index (Phi) is 17.4. The van der Waals surface area contributed by atoms with E-state index in [0.29, 0.717) is 32.5 Å². The Bertz CT molecular complexity index is 1290. The highest BCUT2D eigenvalue weighted by molar-refractivity contribution is 5.73. The summed E-state index contributed by atoms with van der Waals surface area (Å²) in [5.74, 6) is -2.62. The van der Waals surface area contributed by atoms with Crippen molar-refractivity contribution in [3.05, 3.63) is 0 Å². The van der Waals surface area contributed by atoms with Crippen LogP contribution in [-0.4, -0.2) is 175 Å². The van der Waals surface area contributed by atoms with Gasteiger partial charge in [-0.05, 0) is 94.2 Å². The van der Waals surface area contributed by atoms with Crippen LogP contribution in [0.25, 0.3) is 0 Å². The predicted molar refractivity (Wildman–Crippen MR) is 214 cm³/mol. The van der Waals surface area contributed by atoms with Gasteiger partial charge in [-0.2, -0.15) is 0 Å². The van der Waals surface area contributed by atoms with Crippen molar-refractivity contribution in [2.24, 2.45) is 17.8 Å². The maximum atomic E-state index is 14.5. The SMILES string of the molecule is CC[C@H]1OC(=O)[C@H](C)[C@@H](O[C@H]2C[C@@](C)(OC)[C@@H](O)[C@H](C)O2)[C@H](C)C(O[C@@H]2O[C@H](C)C[C@H](N(C)C)[C@H]2O)[C@](C)(O)C[C@@H](C)[C@H]2C[C@H](O[C@H]([C@@H](C)OCCOC)N2)[C@]1(C)O. The van der Waals surface area contributed by atoms with Crippen molar-refractivity contribution in [3.63, 3.8) is 0 Å². The van der Waals surface area contributed by atoms with Gasteiger partial charge >= 0.3 is 5.97 Å². The van der Waals surface area contributed by atoms with Crippen LogP contribution in [0.5, 0.6) is 0 Å². The van der Waals surface area contributed by atoms with E-state index in [4.69, 9.17) is 42.6 Å². The normalized spacial score (nSPS) is 47.9. The summed E-state index contributed by atoms with van der Waals surface area (Å²) in [5.41, 5.74) is -4.25. The summed E-state index contributed by atoms with van der Waals surface area (Å²) < 4.78 is 55.9. The number of rotatable bonds is 12. The van der Waals surface area contributed by atoms with E-state index in [1.165, 1.54) is 7.11 Å². The number of cyclic esters (lactones) is 1. The molecule has 0 aromatic heterocycles. The largest absolute Gasteiger partial charge is 0.459 e. The smallest absolute Gasteiger partial charge is 0.311 e. The average Bonchev–Trinajstić information content (AvgIpc) is 3.16. The highest BCUT2D eigenvalue weighted by atomic mass is 16.7. The number of aliphatic hydroxyl groups excluding tert-OH is 2. The molecule has 1 unspecified atom stereocenters. The lowest BCUT2D eigenvalue weighted by Crippen LogP contribution is -2.65. The molecule has 0 spiro atoms. The summed E-state index contributed by atoms with van der Waals surface area (Å²) in [6, 6.07) is -0.576. The molecule has 2 bridgehead atoms. The fourth-order valence-corrected chi connectivity index (χ4v) is 9.60. The lowest BCUT2D eigenvalue weighted by Gasteiger charge is -2.51. The summed E-state index contributed by atoms with van der Waals surface area (Å²) in [6.07, 6.45) is -8.37. The van der Waals surface area contributed by atoms with E-state index in [2.05, 4.69) is 5.32 Å². The number of methoxy groups -OCH3 is 2. The first-order chi connectivity index (χ1) is 27.0. The van der Waals surface area contributed by atoms with E-state index in [-0.39, 0.29) is 36.9 Å². The highest BCUT2D eigenvalue weighted by Crippen LogP contribution is 2.42. The molecule has 4 rings (SSSR count). The molecule has 0 radical (unpaired) electrons. The fraction of sp³-hybridized carbons (Fsp3) is 0.976. The lowest BCUT2D eigenvalue weighted by molar-refractivity contribution is -0.318. The van der Waals surface area contributed by atoms with Crippen LogP contribution < -0.4 is 5.32 Å². The van der Waals surface area contributed by atoms with Crippen molar-refractivity contribution < 1.29 is 67.9 Å². The van der Waals surface area contributed by atoms with Crippen molar-refractivity contribution in [1.29, 1.82) is 0 Å². The molecule has 0 saturated carbocycles. The van der Waals surface area contributed by atoms with Crippen LogP contribution in [0.1, 0.15) is 101 Å². The zero-order chi connectivity index (χ0) is 43.5. The quantitative estimate of drug-likeness (QED) is 0.142. The monoisotopic (exact) mass is 835 g/mol. The van der Waals surface area contributed by atoms with Gasteiger partial charge in [-0.3, -0.25) is 10.1 Å². The molecule has 4 heterocycles. The molecule has 4 aliphatic heterocycles. The van der Waals surface area contributed by atoms with E-state index in [1.54, 1.807) is 41.7 Å². The number of hydrogen-bond acceptors (Lipinski definition) is 16. The second-order valence-corrected chi connectivity index (χ2v) is 18.5. The Morgan fingerprint density at radius 2 is 1.62 bits per heavy atom. The third-order valence-electron chi connectivity index (χ3n) is 13.4. The number of carbonyl (C=O) groups is 1. The minimum atomic E-state index is -1.62. The van der Waals surface area contributed by atoms with Crippen molar-refractivity contribution >= 4 is 5.97 Å². The zero-order valence-electron chi connectivity index (χ0n) is 37.6. The van der Waals surface area contributed by atoms with Crippen molar-refractivity contribution in [3.8, 4) is 0 Å². The van der Waals surface area contributed by atoms with Gasteiger partial charge < -0.3 is 68.0 Å². The van der Waals surface area contributed by atoms with Gasteiger partial charge in [0.1, 0.15) is 30.1 Å². The molecule has 16 heteroatoms. The molecule has 5 N–H and O–H groups in total. The number of aliphatic hydroxyl groups is 4. The Hall–Kier alpha value is -1.09. The molecular weight excluding hydrogens is 756 g/mol. The first-order valence-corrected chi connectivity index (χ1v) is 21.4. The van der Waals surface area contributed by atoms with Gasteiger partial charge in [0.2, 0.25) is 0 Å². The Morgan fingerprint density at radius 3 is 2.22 bits per heavy atom. The number of carbonyl (C=O) groups excluding carboxylic acids is 1. The van der Waals surface area contributed by atoms with Gasteiger partial charge in [0.25, 0.3) is 0 Å². The summed E-state index contributed by atoms with van der Waals surface area (Å²) in [5, 5.41) is 51.4. The summed E-state index contributed by atoms with van der Waals surface area (Å²) in [7, 11) is 6.90. The van der Waals surface area contributed by atoms with Crippen LogP contribution in [0.2, 0.25) is 0 Å². The number of esters is 1. The van der Waals surface area contributed by atoms with Crippen molar-refractivity contribution in [1.82, 2.24) is 10.2 Å². The fourth-order valence-electron chi connectivity index (χ4n) is 9.60. The molecule has 4 fully saturated rings. The summed E-state index contributed by atoms with van der Waals surface area (Å²) >= 11 is 0. The average molecular weight is 835 g/mol. The third-order valence-corrected chi connectivity index (χ3v) is 13.4. The van der Waals surface area contributed by atoms with Gasteiger partial charge in [-0.1, -0.05) is 20.8 Å². The number of nitrogens with one attached hydrogen (secondary N) is 1. The third kappa shape index (κ3) is 11.3. The summed E-state index contributed by atoms with van der Waals surface area (Å²) in [4.78, 5) is 16.4. The maximum absolute atomic E-state index is 14.5. The Labute approximate surface area is 346 Å². The number of hydrogen-bond donors (Lipinski definition) is 5. The number of fused-ring (bicyclic) bond motifs is 2. The molecule has 58 heavy (non-hydrogen) atoms. The molecular formula is C42H78N2O14. The first-order valence-electron chi connectivity index (χ1n) is 21.4. The number of likely N-dealkylation sites (N-methyl/N-ethyl adjacent to an activating group) is 1. The predicted octanol–water partition coefficient (Wildman–Crippen LogP) is 2.34. The van der Waals surface area contributed by atoms with Crippen LogP contribution in [0, 0.1) is 17.8 Å². The van der Waals surface area contributed by atoms with E-state index in [9.17, 15) is 25.2 Å². The second-order valence-electron chi connectivity index (χ2n) is 18.5. The molecule has 0 aromatic carbocycles. The molecule has 0 amide bonds. The van der Waals surface area contributed by atoms with Gasteiger partial charge in [0.15, 0.2) is 12.6 Å². The number of ether oxygens (including phenoxy) is 9. The van der Waals surface area contributed by atoms with Gasteiger partial charge in [0, 0.05) is 38.6 Å². The minimum absolute atomic E-state index is 0.138. The minimum Gasteiger partial charge on any atom is -0.459 e. The second kappa shape index (κ2) is 20.4.